The molecule has 19 heavy (non-hydrogen) atoms. The molecule has 1 unspecified atom stereocenters. The van der Waals surface area contributed by atoms with Crippen molar-refractivity contribution in [1.82, 2.24) is 10.1 Å². The molecule has 2 aromatic heterocycles. The number of hydrogen-bond acceptors (Lipinski definition) is 4. The van der Waals surface area contributed by atoms with Crippen molar-refractivity contribution in [3.8, 4) is 0 Å². The third kappa shape index (κ3) is 2.49. The lowest BCUT2D eigenvalue weighted by molar-refractivity contribution is 0.207. The van der Waals surface area contributed by atoms with Gasteiger partial charge in [0.1, 0.15) is 5.76 Å². The maximum absolute atomic E-state index is 12.3. The first-order valence-corrected chi connectivity index (χ1v) is 7.16. The van der Waals surface area contributed by atoms with Crippen molar-refractivity contribution in [2.75, 3.05) is 11.9 Å². The van der Waals surface area contributed by atoms with E-state index < -0.39 is 0 Å². The Kier molecular flexibility index (Phi) is 3.25. The number of urea groups is 1. The first kappa shape index (κ1) is 12.2. The SMILES string of the molecule is Cc1cc(NC(=O)N2CCCC2c2cccs2)no1. The molecule has 0 aliphatic carbocycles. The molecule has 1 fully saturated rings. The molecule has 0 spiro atoms. The topological polar surface area (TPSA) is 58.4 Å². The van der Waals surface area contributed by atoms with E-state index in [0.29, 0.717) is 11.6 Å². The number of nitrogens with one attached hydrogen (secondary N) is 1. The zero-order chi connectivity index (χ0) is 13.2. The Bertz CT molecular complexity index is 564. The Morgan fingerprint density at radius 3 is 3.21 bits per heavy atom. The van der Waals surface area contributed by atoms with Gasteiger partial charge in [-0.05, 0) is 31.2 Å². The second kappa shape index (κ2) is 5.05. The molecule has 1 saturated heterocycles. The van der Waals surface area contributed by atoms with E-state index in [1.165, 1.54) is 4.88 Å². The van der Waals surface area contributed by atoms with Gasteiger partial charge in [-0.1, -0.05) is 11.2 Å². The fourth-order valence-electron chi connectivity index (χ4n) is 2.39. The molecule has 3 heterocycles. The van der Waals surface area contributed by atoms with Crippen LogP contribution in [0.5, 0.6) is 0 Å². The number of carbonyl (C=O) groups is 1. The average Bonchev–Trinajstić information content (AvgIpc) is 3.07. The highest BCUT2D eigenvalue weighted by Gasteiger charge is 2.30. The van der Waals surface area contributed by atoms with Crippen molar-refractivity contribution in [2.45, 2.75) is 25.8 Å². The van der Waals surface area contributed by atoms with Crippen LogP contribution in [0, 0.1) is 6.92 Å². The number of likely N-dealkylation sites (tertiary alicyclic amines) is 1. The summed E-state index contributed by atoms with van der Waals surface area (Å²) in [6, 6.07) is 5.90. The monoisotopic (exact) mass is 277 g/mol. The summed E-state index contributed by atoms with van der Waals surface area (Å²) in [7, 11) is 0. The Morgan fingerprint density at radius 1 is 1.63 bits per heavy atom. The molecule has 1 N–H and O–H groups in total. The summed E-state index contributed by atoms with van der Waals surface area (Å²) in [6.45, 7) is 2.58. The smallest absolute Gasteiger partial charge is 0.323 e. The number of carbonyl (C=O) groups excluding carboxylic acids is 1. The van der Waals surface area contributed by atoms with Crippen LogP contribution in [0.25, 0.3) is 0 Å². The molecule has 1 atom stereocenters. The summed E-state index contributed by atoms with van der Waals surface area (Å²) in [5, 5.41) is 8.61. The molecule has 6 heteroatoms. The number of hydrogen-bond donors (Lipinski definition) is 1. The van der Waals surface area contributed by atoms with Crippen LogP contribution in [0.1, 0.15) is 29.5 Å². The Balaban J connectivity index is 1.72. The second-order valence-corrected chi connectivity index (χ2v) is 5.60. The Hall–Kier alpha value is -1.82. The normalized spacial score (nSPS) is 18.8. The van der Waals surface area contributed by atoms with Crippen molar-refractivity contribution >= 4 is 23.2 Å². The highest BCUT2D eigenvalue weighted by molar-refractivity contribution is 7.10. The Morgan fingerprint density at radius 2 is 2.53 bits per heavy atom. The summed E-state index contributed by atoms with van der Waals surface area (Å²) in [4.78, 5) is 15.4. The molecule has 0 aromatic carbocycles. The van der Waals surface area contributed by atoms with Crippen molar-refractivity contribution in [3.05, 3.63) is 34.2 Å². The molecule has 1 aliphatic heterocycles. The lowest BCUT2D eigenvalue weighted by atomic mass is 10.2. The average molecular weight is 277 g/mol. The third-order valence-electron chi connectivity index (χ3n) is 3.25. The second-order valence-electron chi connectivity index (χ2n) is 4.62. The van der Waals surface area contributed by atoms with Crippen LogP contribution in [-0.2, 0) is 0 Å². The number of aromatic nitrogens is 1. The molecule has 5 nitrogen and oxygen atoms in total. The minimum Gasteiger partial charge on any atom is -0.360 e. The fourth-order valence-corrected chi connectivity index (χ4v) is 3.27. The van der Waals surface area contributed by atoms with Crippen molar-refractivity contribution < 1.29 is 9.32 Å². The van der Waals surface area contributed by atoms with Crippen LogP contribution in [-0.4, -0.2) is 22.6 Å². The van der Waals surface area contributed by atoms with E-state index in [1.54, 1.807) is 24.3 Å². The maximum atomic E-state index is 12.3. The molecule has 0 bridgehead atoms. The summed E-state index contributed by atoms with van der Waals surface area (Å²) >= 11 is 1.70. The van der Waals surface area contributed by atoms with Gasteiger partial charge in [-0.3, -0.25) is 5.32 Å². The van der Waals surface area contributed by atoms with E-state index in [2.05, 4.69) is 16.5 Å². The summed E-state index contributed by atoms with van der Waals surface area (Å²) in [6.07, 6.45) is 2.06. The molecule has 100 valence electrons. The van der Waals surface area contributed by atoms with E-state index in [4.69, 9.17) is 4.52 Å². The van der Waals surface area contributed by atoms with Crippen LogP contribution in [0.4, 0.5) is 10.6 Å². The van der Waals surface area contributed by atoms with Gasteiger partial charge in [0, 0.05) is 17.5 Å². The van der Waals surface area contributed by atoms with Crippen molar-refractivity contribution in [2.24, 2.45) is 0 Å². The van der Waals surface area contributed by atoms with Gasteiger partial charge in [0.2, 0.25) is 0 Å². The lowest BCUT2D eigenvalue weighted by Crippen LogP contribution is -2.34. The van der Waals surface area contributed by atoms with Crippen LogP contribution in [0.3, 0.4) is 0 Å². The van der Waals surface area contributed by atoms with E-state index >= 15 is 0 Å². The number of amides is 2. The minimum absolute atomic E-state index is 0.107. The zero-order valence-electron chi connectivity index (χ0n) is 10.6. The Labute approximate surface area is 115 Å². The quantitative estimate of drug-likeness (QED) is 0.915. The van der Waals surface area contributed by atoms with Gasteiger partial charge < -0.3 is 9.42 Å². The zero-order valence-corrected chi connectivity index (χ0v) is 11.4. The maximum Gasteiger partial charge on any atom is 0.323 e. The molecule has 2 amide bonds. The molecule has 0 radical (unpaired) electrons. The van der Waals surface area contributed by atoms with Gasteiger partial charge in [0.15, 0.2) is 5.82 Å². The van der Waals surface area contributed by atoms with Crippen molar-refractivity contribution in [1.29, 1.82) is 0 Å². The van der Waals surface area contributed by atoms with E-state index in [1.807, 2.05) is 16.3 Å². The predicted octanol–water partition coefficient (Wildman–Crippen LogP) is 3.41. The lowest BCUT2D eigenvalue weighted by Gasteiger charge is -2.23. The summed E-state index contributed by atoms with van der Waals surface area (Å²) in [5.74, 6) is 1.16. The molecule has 0 saturated carbocycles. The number of rotatable bonds is 2. The number of aryl methyl sites for hydroxylation is 1. The molecular formula is C13H15N3O2S. The number of nitrogens with zero attached hydrogens (tertiary/aromatic N) is 2. The third-order valence-corrected chi connectivity index (χ3v) is 4.22. The molecule has 3 rings (SSSR count). The van der Waals surface area contributed by atoms with Crippen LogP contribution < -0.4 is 5.32 Å². The highest BCUT2D eigenvalue weighted by atomic mass is 32.1. The molecular weight excluding hydrogens is 262 g/mol. The van der Waals surface area contributed by atoms with Crippen LogP contribution >= 0.6 is 11.3 Å². The van der Waals surface area contributed by atoms with Crippen LogP contribution in [0.2, 0.25) is 0 Å². The fraction of sp³-hybridized carbons (Fsp3) is 0.385. The molecule has 2 aromatic rings. The standard InChI is InChI=1S/C13H15N3O2S/c1-9-8-12(15-18-9)14-13(17)16-6-2-4-10(16)11-5-3-7-19-11/h3,5,7-8,10H,2,4,6H2,1H3,(H,14,15,17). The van der Waals surface area contributed by atoms with Crippen LogP contribution in [0.15, 0.2) is 28.1 Å². The summed E-state index contributed by atoms with van der Waals surface area (Å²) in [5.41, 5.74) is 0. The van der Waals surface area contributed by atoms with E-state index in [9.17, 15) is 4.79 Å². The minimum atomic E-state index is -0.107. The van der Waals surface area contributed by atoms with Gasteiger partial charge in [-0.15, -0.1) is 11.3 Å². The first-order valence-electron chi connectivity index (χ1n) is 6.28. The highest BCUT2D eigenvalue weighted by Crippen LogP contribution is 2.34. The number of thiophene rings is 1. The molecule has 1 aliphatic rings. The summed E-state index contributed by atoms with van der Waals surface area (Å²) < 4.78 is 4.95. The number of anilines is 1. The van der Waals surface area contributed by atoms with Gasteiger partial charge in [0.25, 0.3) is 0 Å². The largest absolute Gasteiger partial charge is 0.360 e. The first-order chi connectivity index (χ1) is 9.24. The van der Waals surface area contributed by atoms with E-state index in [0.717, 1.165) is 19.4 Å². The van der Waals surface area contributed by atoms with Gasteiger partial charge in [0.05, 0.1) is 6.04 Å². The van der Waals surface area contributed by atoms with Crippen molar-refractivity contribution in [3.63, 3.8) is 0 Å². The van der Waals surface area contributed by atoms with Gasteiger partial charge >= 0.3 is 6.03 Å². The van der Waals surface area contributed by atoms with Gasteiger partial charge in [-0.2, -0.15) is 0 Å². The van der Waals surface area contributed by atoms with E-state index in [-0.39, 0.29) is 12.1 Å². The van der Waals surface area contributed by atoms with Gasteiger partial charge in [-0.25, -0.2) is 4.79 Å². The predicted molar refractivity (Wildman–Crippen MR) is 73.3 cm³/mol.